The molecule has 0 aromatic rings. The maximum Gasteiger partial charge on any atom is 0.310 e. The summed E-state index contributed by atoms with van der Waals surface area (Å²) in [5.74, 6) is -0.289. The molecule has 0 bridgehead atoms. The van der Waals surface area contributed by atoms with Crippen molar-refractivity contribution >= 4 is 24.1 Å². The second kappa shape index (κ2) is 15.2. The highest BCUT2D eigenvalue weighted by Crippen LogP contribution is 2.13. The van der Waals surface area contributed by atoms with E-state index in [1.165, 1.54) is 0 Å². The molecule has 0 fully saturated rings. The summed E-state index contributed by atoms with van der Waals surface area (Å²) in [6, 6.07) is 0. The van der Waals surface area contributed by atoms with Crippen LogP contribution < -0.4 is 5.73 Å². The number of carbonyl (C=O) groups is 3. The molecule has 1 atom stereocenters. The number of esters is 1. The Balaban J connectivity index is 4.09. The average Bonchev–Trinajstić information content (AvgIpc) is 2.59. The minimum absolute atomic E-state index is 0.0214. The molecule has 0 amide bonds. The molecule has 172 valence electrons. The van der Waals surface area contributed by atoms with Gasteiger partial charge in [-0.15, -0.1) is 10.1 Å². The van der Waals surface area contributed by atoms with Gasteiger partial charge in [0.25, 0.3) is 11.6 Å². The smallest absolute Gasteiger partial charge is 0.310 e. The summed E-state index contributed by atoms with van der Waals surface area (Å²) >= 11 is 0. The fraction of sp³-hybridized carbons (Fsp3) is 0.789. The van der Waals surface area contributed by atoms with Gasteiger partial charge in [0.15, 0.2) is 0 Å². The Morgan fingerprint density at radius 2 is 1.90 bits per heavy atom. The van der Waals surface area contributed by atoms with Crippen molar-refractivity contribution in [1.29, 1.82) is 0 Å². The molecule has 0 aliphatic carbocycles. The van der Waals surface area contributed by atoms with Crippen LogP contribution >= 0.6 is 0 Å². The average molecular weight is 431 g/mol. The fourth-order valence-corrected chi connectivity index (χ4v) is 2.49. The first-order valence-corrected chi connectivity index (χ1v) is 9.92. The first kappa shape index (κ1) is 27.3. The van der Waals surface area contributed by atoms with Crippen molar-refractivity contribution in [3.63, 3.8) is 0 Å². The van der Waals surface area contributed by atoms with Crippen LogP contribution in [0.3, 0.4) is 0 Å². The number of ketones is 1. The van der Waals surface area contributed by atoms with Crippen LogP contribution in [-0.2, 0) is 28.7 Å². The zero-order valence-corrected chi connectivity index (χ0v) is 18.0. The minimum atomic E-state index is -0.840. The van der Waals surface area contributed by atoms with Gasteiger partial charge >= 0.3 is 5.97 Å². The molecule has 0 aliphatic heterocycles. The summed E-state index contributed by atoms with van der Waals surface area (Å²) in [6.07, 6.45) is 2.40. The van der Waals surface area contributed by atoms with Crippen molar-refractivity contribution < 1.29 is 33.8 Å². The number of hydrogen-bond acceptors (Lipinski definition) is 9. The Labute approximate surface area is 176 Å². The summed E-state index contributed by atoms with van der Waals surface area (Å²) in [4.78, 5) is 52.6. The van der Waals surface area contributed by atoms with Crippen LogP contribution in [-0.4, -0.2) is 54.0 Å². The molecule has 2 N–H and O–H groups in total. The van der Waals surface area contributed by atoms with E-state index in [0.29, 0.717) is 51.5 Å². The number of ether oxygens (including phenoxy) is 2. The monoisotopic (exact) mass is 431 g/mol. The van der Waals surface area contributed by atoms with Crippen molar-refractivity contribution in [3.8, 4) is 0 Å². The SMILES string of the molecule is CC(C)(C)OC(=O)CC(CCCN=C(N)CC(=O)CCCCCO[N+](=O)[O-])OC=O. The highest BCUT2D eigenvalue weighted by atomic mass is 16.9. The van der Waals surface area contributed by atoms with Crippen molar-refractivity contribution in [2.75, 3.05) is 13.2 Å². The summed E-state index contributed by atoms with van der Waals surface area (Å²) < 4.78 is 10.1. The first-order valence-electron chi connectivity index (χ1n) is 9.92. The lowest BCUT2D eigenvalue weighted by Gasteiger charge is -2.21. The lowest BCUT2D eigenvalue weighted by molar-refractivity contribution is -0.757. The fourth-order valence-electron chi connectivity index (χ4n) is 2.49. The van der Waals surface area contributed by atoms with Gasteiger partial charge < -0.3 is 20.0 Å². The zero-order valence-electron chi connectivity index (χ0n) is 18.0. The third kappa shape index (κ3) is 17.4. The Bertz CT molecular complexity index is 587. The largest absolute Gasteiger partial charge is 0.464 e. The van der Waals surface area contributed by atoms with Gasteiger partial charge in [-0.2, -0.15) is 0 Å². The number of nitrogens with two attached hydrogens (primary N) is 1. The summed E-state index contributed by atoms with van der Waals surface area (Å²) in [7, 11) is 0. The maximum atomic E-state index is 11.8. The number of amidine groups is 1. The van der Waals surface area contributed by atoms with E-state index in [1.807, 2.05) is 0 Å². The predicted molar refractivity (Wildman–Crippen MR) is 108 cm³/mol. The lowest BCUT2D eigenvalue weighted by atomic mass is 10.1. The quantitative estimate of drug-likeness (QED) is 0.0691. The second-order valence-electron chi connectivity index (χ2n) is 7.74. The van der Waals surface area contributed by atoms with Crippen molar-refractivity contribution in [2.24, 2.45) is 10.7 Å². The van der Waals surface area contributed by atoms with Gasteiger partial charge in [0.1, 0.15) is 23.3 Å². The molecule has 0 saturated heterocycles. The Morgan fingerprint density at radius 3 is 2.50 bits per heavy atom. The van der Waals surface area contributed by atoms with E-state index in [9.17, 15) is 24.5 Å². The summed E-state index contributed by atoms with van der Waals surface area (Å²) in [5.41, 5.74) is 5.14. The van der Waals surface area contributed by atoms with Gasteiger partial charge in [-0.3, -0.25) is 19.4 Å². The molecule has 0 spiro atoms. The van der Waals surface area contributed by atoms with Crippen LogP contribution in [0.25, 0.3) is 0 Å². The molecule has 0 aromatic carbocycles. The number of nitrogens with zero attached hydrogens (tertiary/aromatic N) is 2. The highest BCUT2D eigenvalue weighted by molar-refractivity contribution is 5.99. The van der Waals surface area contributed by atoms with Crippen LogP contribution in [0.1, 0.15) is 72.1 Å². The van der Waals surface area contributed by atoms with E-state index in [-0.39, 0.29) is 31.1 Å². The third-order valence-corrected chi connectivity index (χ3v) is 3.74. The molecule has 11 nitrogen and oxygen atoms in total. The van der Waals surface area contributed by atoms with E-state index in [4.69, 9.17) is 15.2 Å². The van der Waals surface area contributed by atoms with Crippen LogP contribution in [0.5, 0.6) is 0 Å². The summed E-state index contributed by atoms with van der Waals surface area (Å²) in [5, 5.41) is 9.16. The van der Waals surface area contributed by atoms with Crippen LogP contribution in [0.15, 0.2) is 4.99 Å². The number of carbonyl (C=O) groups excluding carboxylic acids is 3. The standard InChI is InChI=1S/C19H33N3O8/c1-19(2,3)30-18(25)13-16(28-14-23)9-7-10-21-17(20)12-15(24)8-5-4-6-11-29-22(26)27/h14,16H,4-13H2,1-3H3,(H2,20,21). The van der Waals surface area contributed by atoms with E-state index in [1.54, 1.807) is 20.8 Å². The maximum absolute atomic E-state index is 11.8. The number of aliphatic imine (C=N–C) groups is 1. The van der Waals surface area contributed by atoms with Crippen molar-refractivity contribution in [1.82, 2.24) is 0 Å². The topological polar surface area (TPSA) is 160 Å². The molecular formula is C19H33N3O8. The molecule has 0 heterocycles. The van der Waals surface area contributed by atoms with Crippen LogP contribution in [0, 0.1) is 10.1 Å². The molecule has 0 aromatic heterocycles. The molecule has 0 rings (SSSR count). The van der Waals surface area contributed by atoms with Crippen LogP contribution in [0.4, 0.5) is 0 Å². The third-order valence-electron chi connectivity index (χ3n) is 3.74. The van der Waals surface area contributed by atoms with E-state index < -0.39 is 22.8 Å². The highest BCUT2D eigenvalue weighted by Gasteiger charge is 2.21. The van der Waals surface area contributed by atoms with Crippen LogP contribution in [0.2, 0.25) is 0 Å². The predicted octanol–water partition coefficient (Wildman–Crippen LogP) is 2.13. The van der Waals surface area contributed by atoms with Gasteiger partial charge in [0, 0.05) is 13.0 Å². The molecule has 11 heteroatoms. The molecule has 30 heavy (non-hydrogen) atoms. The Hall–Kier alpha value is -2.72. The molecular weight excluding hydrogens is 398 g/mol. The van der Waals surface area contributed by atoms with Gasteiger partial charge in [0.2, 0.25) is 0 Å². The van der Waals surface area contributed by atoms with Gasteiger partial charge in [-0.05, 0) is 46.5 Å². The van der Waals surface area contributed by atoms with E-state index in [0.717, 1.165) is 0 Å². The summed E-state index contributed by atoms with van der Waals surface area (Å²) in [6.45, 7) is 5.92. The minimum Gasteiger partial charge on any atom is -0.464 e. The van der Waals surface area contributed by atoms with E-state index in [2.05, 4.69) is 9.83 Å². The zero-order chi connectivity index (χ0) is 23.0. The van der Waals surface area contributed by atoms with Crippen molar-refractivity contribution in [2.45, 2.75) is 83.8 Å². The molecule has 0 radical (unpaired) electrons. The normalized spacial score (nSPS) is 12.7. The lowest BCUT2D eigenvalue weighted by Crippen LogP contribution is -2.27. The number of unbranched alkanes of at least 4 members (excludes halogenated alkanes) is 2. The van der Waals surface area contributed by atoms with Gasteiger partial charge in [0.05, 0.1) is 19.4 Å². The first-order chi connectivity index (χ1) is 14.0. The number of hydrogen-bond donors (Lipinski definition) is 1. The molecule has 1 unspecified atom stereocenters. The Kier molecular flexibility index (Phi) is 13.8. The molecule has 0 aliphatic rings. The number of Topliss-reactive ketones (excluding diaryl/α,β-unsaturated/α-hetero) is 1. The second-order valence-corrected chi connectivity index (χ2v) is 7.74. The van der Waals surface area contributed by atoms with E-state index >= 15 is 0 Å². The Morgan fingerprint density at radius 1 is 1.20 bits per heavy atom. The molecule has 0 saturated carbocycles. The number of rotatable bonds is 17. The van der Waals surface area contributed by atoms with Gasteiger partial charge in [-0.1, -0.05) is 6.42 Å². The van der Waals surface area contributed by atoms with Gasteiger partial charge in [-0.25, -0.2) is 0 Å². The van der Waals surface area contributed by atoms with Crippen molar-refractivity contribution in [3.05, 3.63) is 10.1 Å².